The second kappa shape index (κ2) is 5.19. The number of rotatable bonds is 1. The molecule has 0 aromatic heterocycles. The van der Waals surface area contributed by atoms with E-state index >= 15 is 0 Å². The molecule has 0 aliphatic heterocycles. The Bertz CT molecular complexity index is 508. The summed E-state index contributed by atoms with van der Waals surface area (Å²) >= 11 is 0. The molecule has 3 fully saturated rings. The van der Waals surface area contributed by atoms with Gasteiger partial charge in [-0.05, 0) is 79.6 Å². The molecule has 7 atom stereocenters. The molecule has 4 rings (SSSR count). The average molecular weight is 302 g/mol. The van der Waals surface area contributed by atoms with E-state index in [-0.39, 0.29) is 11.5 Å². The molecular formula is C20H30O2. The zero-order valence-corrected chi connectivity index (χ0v) is 14.1. The molecule has 2 nitrogen and oxygen atoms in total. The lowest BCUT2D eigenvalue weighted by molar-refractivity contribution is -0.116. The van der Waals surface area contributed by atoms with Crippen molar-refractivity contribution >= 4 is 5.78 Å². The minimum atomic E-state index is -0.0826. The van der Waals surface area contributed by atoms with E-state index in [1.54, 1.807) is 0 Å². The van der Waals surface area contributed by atoms with Gasteiger partial charge in [0.05, 0.1) is 6.10 Å². The predicted octanol–water partition coefficient (Wildman–Crippen LogP) is 4.13. The van der Waals surface area contributed by atoms with Crippen LogP contribution in [-0.2, 0) is 4.79 Å². The third-order valence-electron chi connectivity index (χ3n) is 7.94. The Morgan fingerprint density at radius 2 is 2.09 bits per heavy atom. The Balaban J connectivity index is 1.70. The normalized spacial score (nSPS) is 50.9. The van der Waals surface area contributed by atoms with Crippen LogP contribution in [-0.4, -0.2) is 17.0 Å². The first-order valence-corrected chi connectivity index (χ1v) is 9.46. The van der Waals surface area contributed by atoms with Crippen molar-refractivity contribution in [2.45, 2.75) is 71.3 Å². The summed E-state index contributed by atoms with van der Waals surface area (Å²) in [7, 11) is 0. The van der Waals surface area contributed by atoms with E-state index in [4.69, 9.17) is 0 Å². The summed E-state index contributed by atoms with van der Waals surface area (Å²) in [6.07, 6.45) is 10.8. The molecule has 122 valence electrons. The Morgan fingerprint density at radius 1 is 1.27 bits per heavy atom. The Kier molecular flexibility index (Phi) is 3.52. The van der Waals surface area contributed by atoms with E-state index in [1.807, 2.05) is 6.08 Å². The van der Waals surface area contributed by atoms with Crippen LogP contribution in [0.2, 0.25) is 0 Å². The van der Waals surface area contributed by atoms with Crippen LogP contribution in [0.25, 0.3) is 0 Å². The third kappa shape index (κ3) is 1.99. The largest absolute Gasteiger partial charge is 0.393 e. The molecule has 0 spiro atoms. The van der Waals surface area contributed by atoms with Crippen molar-refractivity contribution in [2.24, 2.45) is 35.0 Å². The first kappa shape index (κ1) is 14.9. The maximum Gasteiger partial charge on any atom is 0.155 e. The summed E-state index contributed by atoms with van der Waals surface area (Å²) in [4.78, 5) is 11.8. The highest BCUT2D eigenvalue weighted by atomic mass is 16.3. The van der Waals surface area contributed by atoms with Crippen molar-refractivity contribution in [3.63, 3.8) is 0 Å². The number of ketones is 1. The summed E-state index contributed by atoms with van der Waals surface area (Å²) in [5.41, 5.74) is 1.65. The Hall–Kier alpha value is -0.630. The number of carbonyl (C=O) groups is 1. The summed E-state index contributed by atoms with van der Waals surface area (Å²) in [5.74, 6) is 4.04. The van der Waals surface area contributed by atoms with Gasteiger partial charge in [-0.2, -0.15) is 0 Å². The first-order valence-electron chi connectivity index (χ1n) is 9.46. The third-order valence-corrected chi connectivity index (χ3v) is 7.94. The average Bonchev–Trinajstić information content (AvgIpc) is 2.81. The number of aliphatic hydroxyl groups is 1. The van der Waals surface area contributed by atoms with Gasteiger partial charge in [-0.1, -0.05) is 25.8 Å². The highest BCUT2D eigenvalue weighted by Crippen LogP contribution is 2.63. The van der Waals surface area contributed by atoms with Crippen molar-refractivity contribution in [3.8, 4) is 0 Å². The second-order valence-corrected chi connectivity index (χ2v) is 8.69. The van der Waals surface area contributed by atoms with Crippen molar-refractivity contribution in [1.82, 2.24) is 0 Å². The van der Waals surface area contributed by atoms with E-state index in [0.29, 0.717) is 17.6 Å². The van der Waals surface area contributed by atoms with Gasteiger partial charge in [0.1, 0.15) is 0 Å². The minimum Gasteiger partial charge on any atom is -0.393 e. The number of aliphatic hydroxyl groups excluding tert-OH is 1. The zero-order valence-electron chi connectivity index (χ0n) is 14.1. The van der Waals surface area contributed by atoms with Crippen LogP contribution in [0.1, 0.15) is 65.2 Å². The van der Waals surface area contributed by atoms with Crippen LogP contribution in [0.5, 0.6) is 0 Å². The van der Waals surface area contributed by atoms with E-state index in [9.17, 15) is 9.90 Å². The molecule has 0 heterocycles. The number of carbonyl (C=O) groups excluding carboxylic acids is 1. The topological polar surface area (TPSA) is 37.3 Å². The maximum absolute atomic E-state index is 11.8. The Labute approximate surface area is 134 Å². The molecule has 3 saturated carbocycles. The lowest BCUT2D eigenvalue weighted by atomic mass is 9.49. The van der Waals surface area contributed by atoms with Gasteiger partial charge in [0, 0.05) is 6.42 Å². The van der Waals surface area contributed by atoms with Gasteiger partial charge in [-0.3, -0.25) is 4.79 Å². The fraction of sp³-hybridized carbons (Fsp3) is 0.850. The minimum absolute atomic E-state index is 0.0826. The highest BCUT2D eigenvalue weighted by Gasteiger charge is 2.57. The summed E-state index contributed by atoms with van der Waals surface area (Å²) in [6, 6.07) is 0. The van der Waals surface area contributed by atoms with Gasteiger partial charge in [-0.25, -0.2) is 0 Å². The molecule has 0 aromatic carbocycles. The van der Waals surface area contributed by atoms with E-state index in [0.717, 1.165) is 43.4 Å². The molecule has 4 aliphatic rings. The van der Waals surface area contributed by atoms with Gasteiger partial charge in [0.25, 0.3) is 0 Å². The molecular weight excluding hydrogens is 272 g/mol. The van der Waals surface area contributed by atoms with Crippen LogP contribution in [0.15, 0.2) is 11.6 Å². The van der Waals surface area contributed by atoms with Crippen molar-refractivity contribution in [3.05, 3.63) is 11.6 Å². The smallest absolute Gasteiger partial charge is 0.155 e. The number of allylic oxidation sites excluding steroid dienone is 1. The van der Waals surface area contributed by atoms with Gasteiger partial charge >= 0.3 is 0 Å². The van der Waals surface area contributed by atoms with Crippen LogP contribution in [0, 0.1) is 35.0 Å². The lowest BCUT2D eigenvalue weighted by Gasteiger charge is -2.56. The molecule has 0 aromatic rings. The predicted molar refractivity (Wildman–Crippen MR) is 87.3 cm³/mol. The second-order valence-electron chi connectivity index (χ2n) is 8.69. The summed E-state index contributed by atoms with van der Waals surface area (Å²) < 4.78 is 0. The SMILES string of the molecule is CC[C@H]1CC2=CC(=O)CC[C@@H]2[C@H]2CC[C@]3(C)[C@@H](O)CC[C@H]3[C@H]12. The van der Waals surface area contributed by atoms with E-state index < -0.39 is 0 Å². The van der Waals surface area contributed by atoms with Gasteiger partial charge in [0.15, 0.2) is 5.78 Å². The summed E-state index contributed by atoms with van der Waals surface area (Å²) in [5, 5.41) is 10.5. The van der Waals surface area contributed by atoms with Crippen molar-refractivity contribution < 1.29 is 9.90 Å². The van der Waals surface area contributed by atoms with Crippen LogP contribution < -0.4 is 0 Å². The molecule has 0 saturated heterocycles. The quantitative estimate of drug-likeness (QED) is 0.791. The molecule has 2 heteroatoms. The molecule has 22 heavy (non-hydrogen) atoms. The molecule has 0 amide bonds. The molecule has 4 aliphatic carbocycles. The molecule has 1 N–H and O–H groups in total. The van der Waals surface area contributed by atoms with E-state index in [2.05, 4.69) is 13.8 Å². The van der Waals surface area contributed by atoms with Gasteiger partial charge in [-0.15, -0.1) is 0 Å². The van der Waals surface area contributed by atoms with Gasteiger partial charge < -0.3 is 5.11 Å². The van der Waals surface area contributed by atoms with Crippen LogP contribution in [0.4, 0.5) is 0 Å². The highest BCUT2D eigenvalue weighted by molar-refractivity contribution is 5.91. The standard InChI is InChI=1S/C20H30O2/c1-3-12-10-13-11-14(21)4-5-15(13)16-8-9-20(2)17(19(12)16)6-7-18(20)22/h11-12,15-19,22H,3-10H2,1-2H3/t12-,15-,16+,17-,18-,19+,20-/m0/s1. The lowest BCUT2D eigenvalue weighted by Crippen LogP contribution is -2.50. The number of hydrogen-bond acceptors (Lipinski definition) is 2. The van der Waals surface area contributed by atoms with Crippen molar-refractivity contribution in [2.75, 3.05) is 0 Å². The monoisotopic (exact) mass is 302 g/mol. The number of hydrogen-bond donors (Lipinski definition) is 1. The fourth-order valence-electron chi connectivity index (χ4n) is 6.77. The van der Waals surface area contributed by atoms with Gasteiger partial charge in [0.2, 0.25) is 0 Å². The Morgan fingerprint density at radius 3 is 2.86 bits per heavy atom. The summed E-state index contributed by atoms with van der Waals surface area (Å²) in [6.45, 7) is 4.68. The number of fused-ring (bicyclic) bond motifs is 5. The van der Waals surface area contributed by atoms with Crippen molar-refractivity contribution in [1.29, 1.82) is 0 Å². The molecule has 0 radical (unpaired) electrons. The fourth-order valence-corrected chi connectivity index (χ4v) is 6.77. The maximum atomic E-state index is 11.8. The first-order chi connectivity index (χ1) is 10.5. The van der Waals surface area contributed by atoms with Crippen LogP contribution >= 0.6 is 0 Å². The molecule has 0 unspecified atom stereocenters. The van der Waals surface area contributed by atoms with E-state index in [1.165, 1.54) is 31.3 Å². The molecule has 0 bridgehead atoms. The zero-order chi connectivity index (χ0) is 15.5. The van der Waals surface area contributed by atoms with Crippen LogP contribution in [0.3, 0.4) is 0 Å².